The monoisotopic (exact) mass is 447 g/mol. The maximum atomic E-state index is 12.9. The zero-order chi connectivity index (χ0) is 22.8. The van der Waals surface area contributed by atoms with Crippen molar-refractivity contribution in [1.82, 2.24) is 10.6 Å². The van der Waals surface area contributed by atoms with Crippen LogP contribution in [0.2, 0.25) is 0 Å². The standard InChI is InChI=1S/C21H22FN3O5S/c1-13(31-12-17(26)24-16-10-8-15(22)9-11-16)20(28)30-18(14-6-4-3-5-7-14)19(27)25-21(29)23-2/h3-11,13,18H,12H2,1-2H3,(H,24,26)(H2,23,25,27,29)/t13-,18+/m1/s1. The molecule has 2 rings (SSSR count). The quantitative estimate of drug-likeness (QED) is 0.536. The molecular weight excluding hydrogens is 425 g/mol. The summed E-state index contributed by atoms with van der Waals surface area (Å²) >= 11 is 1.01. The Balaban J connectivity index is 1.95. The fourth-order valence-electron chi connectivity index (χ4n) is 2.35. The van der Waals surface area contributed by atoms with E-state index in [0.29, 0.717) is 11.3 Å². The molecule has 2 atom stereocenters. The second-order valence-electron chi connectivity index (χ2n) is 6.30. The summed E-state index contributed by atoms with van der Waals surface area (Å²) in [5.41, 5.74) is 0.820. The average Bonchev–Trinajstić information content (AvgIpc) is 2.77. The lowest BCUT2D eigenvalue weighted by Crippen LogP contribution is -2.41. The van der Waals surface area contributed by atoms with Crippen LogP contribution in [0.3, 0.4) is 0 Å². The number of nitrogens with one attached hydrogen (secondary N) is 3. The van der Waals surface area contributed by atoms with Gasteiger partial charge < -0.3 is 15.4 Å². The van der Waals surface area contributed by atoms with Crippen molar-refractivity contribution in [2.75, 3.05) is 18.1 Å². The van der Waals surface area contributed by atoms with E-state index in [1.807, 2.05) is 0 Å². The van der Waals surface area contributed by atoms with Crippen molar-refractivity contribution in [3.8, 4) is 0 Å². The molecule has 4 amide bonds. The summed E-state index contributed by atoms with van der Waals surface area (Å²) in [5.74, 6) is -2.38. The van der Waals surface area contributed by atoms with Gasteiger partial charge in [0.2, 0.25) is 12.0 Å². The molecule has 0 aliphatic rings. The molecule has 164 valence electrons. The Kier molecular flexibility index (Phi) is 9.01. The third kappa shape index (κ3) is 7.74. The van der Waals surface area contributed by atoms with Gasteiger partial charge in [0.15, 0.2) is 0 Å². The van der Waals surface area contributed by atoms with Gasteiger partial charge in [-0.3, -0.25) is 19.7 Å². The van der Waals surface area contributed by atoms with Crippen LogP contribution >= 0.6 is 11.8 Å². The highest BCUT2D eigenvalue weighted by molar-refractivity contribution is 8.01. The second kappa shape index (κ2) is 11.7. The molecule has 0 heterocycles. The molecule has 0 unspecified atom stereocenters. The van der Waals surface area contributed by atoms with E-state index in [1.165, 1.54) is 38.2 Å². The number of halogens is 1. The zero-order valence-corrected chi connectivity index (χ0v) is 17.7. The third-order valence-electron chi connectivity index (χ3n) is 3.96. The minimum atomic E-state index is -1.33. The number of thioether (sulfide) groups is 1. The number of hydrogen-bond donors (Lipinski definition) is 3. The van der Waals surface area contributed by atoms with Crippen LogP contribution in [-0.4, -0.2) is 41.9 Å². The number of benzene rings is 2. The molecule has 3 N–H and O–H groups in total. The molecule has 2 aromatic rings. The Bertz CT molecular complexity index is 924. The lowest BCUT2D eigenvalue weighted by molar-refractivity contribution is -0.155. The highest BCUT2D eigenvalue weighted by Gasteiger charge is 2.28. The molecule has 0 aliphatic carbocycles. The van der Waals surface area contributed by atoms with Crippen LogP contribution in [-0.2, 0) is 19.1 Å². The van der Waals surface area contributed by atoms with E-state index in [9.17, 15) is 23.6 Å². The van der Waals surface area contributed by atoms with Gasteiger partial charge >= 0.3 is 12.0 Å². The number of hydrogen-bond acceptors (Lipinski definition) is 6. The third-order valence-corrected chi connectivity index (χ3v) is 5.08. The van der Waals surface area contributed by atoms with Gasteiger partial charge in [0, 0.05) is 18.3 Å². The number of anilines is 1. The van der Waals surface area contributed by atoms with Crippen LogP contribution < -0.4 is 16.0 Å². The topological polar surface area (TPSA) is 114 Å². The highest BCUT2D eigenvalue weighted by atomic mass is 32.2. The number of urea groups is 1. The smallest absolute Gasteiger partial charge is 0.321 e. The van der Waals surface area contributed by atoms with Crippen molar-refractivity contribution in [3.63, 3.8) is 0 Å². The fourth-order valence-corrected chi connectivity index (χ4v) is 3.02. The van der Waals surface area contributed by atoms with Gasteiger partial charge in [-0.25, -0.2) is 9.18 Å². The van der Waals surface area contributed by atoms with Crippen LogP contribution in [0.25, 0.3) is 0 Å². The molecule has 0 fully saturated rings. The van der Waals surface area contributed by atoms with Gasteiger partial charge in [-0.15, -0.1) is 11.8 Å². The Morgan fingerprint density at radius 1 is 1.03 bits per heavy atom. The van der Waals surface area contributed by atoms with Crippen molar-refractivity contribution in [3.05, 3.63) is 66.0 Å². The average molecular weight is 447 g/mol. The lowest BCUT2D eigenvalue weighted by atomic mass is 10.1. The normalized spacial score (nSPS) is 12.2. The van der Waals surface area contributed by atoms with Gasteiger partial charge in [-0.1, -0.05) is 30.3 Å². The number of carbonyl (C=O) groups excluding carboxylic acids is 4. The van der Waals surface area contributed by atoms with E-state index < -0.39 is 35.1 Å². The SMILES string of the molecule is CNC(=O)NC(=O)[C@@H](OC(=O)[C@@H](C)SCC(=O)Nc1ccc(F)cc1)c1ccccc1. The summed E-state index contributed by atoms with van der Waals surface area (Å²) in [5, 5.41) is 6.17. The number of ether oxygens (including phenoxy) is 1. The minimum absolute atomic E-state index is 0.0614. The van der Waals surface area contributed by atoms with E-state index in [4.69, 9.17) is 4.74 Å². The highest BCUT2D eigenvalue weighted by Crippen LogP contribution is 2.21. The summed E-state index contributed by atoms with van der Waals surface area (Å²) in [4.78, 5) is 48.4. The first kappa shape index (κ1) is 23.9. The second-order valence-corrected chi connectivity index (χ2v) is 7.63. The first-order valence-corrected chi connectivity index (χ1v) is 10.3. The molecular formula is C21H22FN3O5S. The summed E-state index contributed by atoms with van der Waals surface area (Å²) in [6.07, 6.45) is -1.33. The van der Waals surface area contributed by atoms with Crippen LogP contribution in [0.15, 0.2) is 54.6 Å². The maximum Gasteiger partial charge on any atom is 0.321 e. The minimum Gasteiger partial charge on any atom is -0.446 e. The lowest BCUT2D eigenvalue weighted by Gasteiger charge is -2.19. The molecule has 0 spiro atoms. The number of esters is 1. The van der Waals surface area contributed by atoms with Crippen LogP contribution in [0, 0.1) is 5.82 Å². The molecule has 0 aromatic heterocycles. The van der Waals surface area contributed by atoms with Crippen molar-refractivity contribution < 1.29 is 28.3 Å². The summed E-state index contributed by atoms with van der Waals surface area (Å²) in [6.45, 7) is 1.54. The molecule has 2 aromatic carbocycles. The number of carbonyl (C=O) groups is 4. The van der Waals surface area contributed by atoms with Gasteiger partial charge in [-0.2, -0.15) is 0 Å². The molecule has 0 aliphatic heterocycles. The number of rotatable bonds is 8. The van der Waals surface area contributed by atoms with E-state index in [2.05, 4.69) is 16.0 Å². The van der Waals surface area contributed by atoms with Gasteiger partial charge in [0.05, 0.1) is 5.75 Å². The van der Waals surface area contributed by atoms with Crippen molar-refractivity contribution >= 4 is 41.3 Å². The van der Waals surface area contributed by atoms with Crippen LogP contribution in [0.4, 0.5) is 14.9 Å². The molecule has 31 heavy (non-hydrogen) atoms. The van der Waals surface area contributed by atoms with Gasteiger partial charge in [-0.05, 0) is 31.2 Å². The van der Waals surface area contributed by atoms with E-state index in [1.54, 1.807) is 30.3 Å². The maximum absolute atomic E-state index is 12.9. The van der Waals surface area contributed by atoms with Crippen LogP contribution in [0.1, 0.15) is 18.6 Å². The fraction of sp³-hybridized carbons (Fsp3) is 0.238. The first-order valence-electron chi connectivity index (χ1n) is 9.25. The molecule has 8 nitrogen and oxygen atoms in total. The molecule has 0 saturated carbocycles. The Morgan fingerprint density at radius 3 is 2.29 bits per heavy atom. The number of imide groups is 1. The molecule has 0 radical (unpaired) electrons. The predicted molar refractivity (Wildman–Crippen MR) is 115 cm³/mol. The van der Waals surface area contributed by atoms with E-state index in [0.717, 1.165) is 11.8 Å². The van der Waals surface area contributed by atoms with Crippen molar-refractivity contribution in [1.29, 1.82) is 0 Å². The first-order chi connectivity index (χ1) is 14.8. The van der Waals surface area contributed by atoms with E-state index in [-0.39, 0.29) is 11.7 Å². The summed E-state index contributed by atoms with van der Waals surface area (Å²) < 4.78 is 18.3. The largest absolute Gasteiger partial charge is 0.446 e. The van der Waals surface area contributed by atoms with Crippen molar-refractivity contribution in [2.45, 2.75) is 18.3 Å². The summed E-state index contributed by atoms with van der Waals surface area (Å²) in [7, 11) is 1.35. The zero-order valence-electron chi connectivity index (χ0n) is 16.9. The Morgan fingerprint density at radius 2 is 1.68 bits per heavy atom. The Labute approximate surface area is 182 Å². The van der Waals surface area contributed by atoms with Gasteiger partial charge in [0.1, 0.15) is 11.1 Å². The van der Waals surface area contributed by atoms with Crippen LogP contribution in [0.5, 0.6) is 0 Å². The number of amides is 4. The predicted octanol–water partition coefficient (Wildman–Crippen LogP) is 2.63. The molecule has 10 heteroatoms. The molecule has 0 bridgehead atoms. The van der Waals surface area contributed by atoms with Crippen molar-refractivity contribution in [2.24, 2.45) is 0 Å². The molecule has 0 saturated heterocycles. The van der Waals surface area contributed by atoms with E-state index >= 15 is 0 Å². The Hall–Kier alpha value is -3.40. The summed E-state index contributed by atoms with van der Waals surface area (Å²) in [6, 6.07) is 12.8. The van der Waals surface area contributed by atoms with Gasteiger partial charge in [0.25, 0.3) is 5.91 Å².